The van der Waals surface area contributed by atoms with Crippen molar-refractivity contribution in [2.45, 2.75) is 262 Å². The third kappa shape index (κ3) is 16.4. The third-order valence-electron chi connectivity index (χ3n) is 18.5. The second-order valence-corrected chi connectivity index (χ2v) is 33.1. The lowest BCUT2D eigenvalue weighted by molar-refractivity contribution is 0.292. The highest BCUT2D eigenvalue weighted by Gasteiger charge is 2.32. The lowest BCUT2D eigenvalue weighted by Crippen LogP contribution is -2.18. The van der Waals surface area contributed by atoms with E-state index in [-0.39, 0.29) is 32.5 Å². The smallest absolute Gasteiger partial charge is 0.126 e. The molecule has 0 radical (unpaired) electrons. The molecule has 0 saturated carbocycles. The molecule has 2 aliphatic heterocycles. The highest BCUT2D eigenvalue weighted by molar-refractivity contribution is 5.62. The largest absolute Gasteiger partial charge is 0.493 e. The Bertz CT molecular complexity index is 3310. The van der Waals surface area contributed by atoms with Crippen LogP contribution in [0.2, 0.25) is 0 Å². The number of fused-ring (bicyclic) bond motifs is 10. The van der Waals surface area contributed by atoms with Crippen molar-refractivity contribution in [3.63, 3.8) is 0 Å². The molecule has 0 atom stereocenters. The second-order valence-electron chi connectivity index (χ2n) is 33.1. The van der Waals surface area contributed by atoms with E-state index in [2.05, 4.69) is 249 Å². The molecular formula is C86H114O6. The highest BCUT2D eigenvalue weighted by Crippen LogP contribution is 2.47. The van der Waals surface area contributed by atoms with Crippen LogP contribution in [0.4, 0.5) is 0 Å². The first-order valence-corrected chi connectivity index (χ1v) is 35.0. The molecule has 6 nitrogen and oxygen atoms in total. The van der Waals surface area contributed by atoms with Gasteiger partial charge in [0.25, 0.3) is 0 Å². The minimum atomic E-state index is -0.200. The first-order valence-electron chi connectivity index (χ1n) is 35.0. The number of rotatable bonds is 12. The molecule has 92 heavy (non-hydrogen) atoms. The Kier molecular flexibility index (Phi) is 21.0. The van der Waals surface area contributed by atoms with Gasteiger partial charge < -0.3 is 28.4 Å². The van der Waals surface area contributed by atoms with Crippen molar-refractivity contribution in [1.29, 1.82) is 0 Å². The first-order chi connectivity index (χ1) is 43.2. The Morgan fingerprint density at radius 1 is 0.272 bits per heavy atom. The molecule has 7 aromatic carbocycles. The van der Waals surface area contributed by atoms with E-state index in [0.717, 1.165) is 138 Å². The standard InChI is InChI=1S/C86H114O6/c1-23-30-87-75-57-35-58-42-70(82(8,9)10)46-62(76(58)88-31-24-2)38-67-51-74(86(20,21)22)52-68-40-64-48-72(84(14,15)16)44-60(78(64)90-33-26-4)36-59-43-71(83(11,12)13)47-63(77(59)89-32-25-3)39-66-50-73(85(17,18)19)49-65(37-61(75)45-69(41-57)81(5,6)7)79(66)91-53-55-28-27-29-56(34-55)54-92-80(67)68/h27-29,34,41-52H,23-26,30-33,35-40,53-54H2,1-22H3. The van der Waals surface area contributed by atoms with E-state index in [1.165, 1.54) is 33.4 Å². The average Bonchev–Trinajstić information content (AvgIpc) is 0.799. The van der Waals surface area contributed by atoms with Gasteiger partial charge in [-0.15, -0.1) is 0 Å². The normalized spacial score (nSPS) is 14.2. The topological polar surface area (TPSA) is 55.4 Å². The van der Waals surface area contributed by atoms with Crippen molar-refractivity contribution in [3.8, 4) is 34.5 Å². The van der Waals surface area contributed by atoms with E-state index in [1.807, 2.05) is 0 Å². The molecule has 12 bridgehead atoms. The van der Waals surface area contributed by atoms with Crippen LogP contribution in [-0.2, 0) is 84.2 Å². The molecule has 0 N–H and O–H groups in total. The van der Waals surface area contributed by atoms with Gasteiger partial charge in [0.15, 0.2) is 0 Å². The Morgan fingerprint density at radius 3 is 0.641 bits per heavy atom. The summed E-state index contributed by atoms with van der Waals surface area (Å²) in [5.41, 5.74) is 22.5. The fraction of sp³-hybridized carbons (Fsp3) is 0.512. The van der Waals surface area contributed by atoms with Gasteiger partial charge in [-0.25, -0.2) is 0 Å². The predicted octanol–water partition coefficient (Wildman–Crippen LogP) is 22.0. The number of benzene rings is 7. The van der Waals surface area contributed by atoms with Gasteiger partial charge in [-0.05, 0) is 176 Å². The van der Waals surface area contributed by atoms with Crippen LogP contribution in [0.3, 0.4) is 0 Å². The Morgan fingerprint density at radius 2 is 0.457 bits per heavy atom. The van der Waals surface area contributed by atoms with Gasteiger partial charge in [-0.2, -0.15) is 0 Å². The van der Waals surface area contributed by atoms with Crippen LogP contribution in [0.25, 0.3) is 0 Å². The van der Waals surface area contributed by atoms with Crippen molar-refractivity contribution >= 4 is 0 Å². The zero-order chi connectivity index (χ0) is 66.9. The molecular weight excluding hydrogens is 1130 g/mol. The van der Waals surface area contributed by atoms with E-state index in [0.29, 0.717) is 78.2 Å². The minimum Gasteiger partial charge on any atom is -0.493 e. The molecule has 0 aromatic heterocycles. The third-order valence-corrected chi connectivity index (χ3v) is 18.5. The monoisotopic (exact) mass is 1240 g/mol. The average molecular weight is 1240 g/mol. The fourth-order valence-corrected chi connectivity index (χ4v) is 13.0. The van der Waals surface area contributed by atoms with Crippen LogP contribution in [0, 0.1) is 0 Å². The van der Waals surface area contributed by atoms with Crippen LogP contribution in [-0.4, -0.2) is 26.4 Å². The number of hydrogen-bond donors (Lipinski definition) is 0. The highest BCUT2D eigenvalue weighted by atomic mass is 16.5. The van der Waals surface area contributed by atoms with Gasteiger partial charge in [0, 0.05) is 38.5 Å². The van der Waals surface area contributed by atoms with Gasteiger partial charge >= 0.3 is 0 Å². The van der Waals surface area contributed by atoms with Gasteiger partial charge in [0.1, 0.15) is 47.7 Å². The van der Waals surface area contributed by atoms with Crippen molar-refractivity contribution in [1.82, 2.24) is 0 Å². The summed E-state index contributed by atoms with van der Waals surface area (Å²) in [6.07, 6.45) is 7.11. The van der Waals surface area contributed by atoms with E-state index in [4.69, 9.17) is 28.4 Å². The van der Waals surface area contributed by atoms with Gasteiger partial charge in [0.2, 0.25) is 0 Å². The van der Waals surface area contributed by atoms with Gasteiger partial charge in [-0.3, -0.25) is 0 Å². The summed E-state index contributed by atoms with van der Waals surface area (Å²) in [5.74, 6) is 5.60. The summed E-state index contributed by atoms with van der Waals surface area (Å²) in [6.45, 7) is 54.1. The summed E-state index contributed by atoms with van der Waals surface area (Å²) in [6, 6.07) is 38.2. The summed E-state index contributed by atoms with van der Waals surface area (Å²) in [4.78, 5) is 0. The maximum atomic E-state index is 7.61. The van der Waals surface area contributed by atoms with E-state index in [9.17, 15) is 0 Å². The fourth-order valence-electron chi connectivity index (χ4n) is 13.0. The van der Waals surface area contributed by atoms with Crippen LogP contribution >= 0.6 is 0 Å². The molecule has 2 aliphatic rings. The molecule has 7 aromatic rings. The van der Waals surface area contributed by atoms with E-state index >= 15 is 0 Å². The molecule has 0 saturated heterocycles. The summed E-state index contributed by atoms with van der Waals surface area (Å²) in [5, 5.41) is 0. The molecule has 494 valence electrons. The lowest BCUT2D eigenvalue weighted by Gasteiger charge is -2.29. The maximum absolute atomic E-state index is 7.61. The van der Waals surface area contributed by atoms with Crippen LogP contribution in [0.15, 0.2) is 97.1 Å². The van der Waals surface area contributed by atoms with Gasteiger partial charge in [-0.1, -0.05) is 243 Å². The van der Waals surface area contributed by atoms with Crippen LogP contribution in [0.5, 0.6) is 34.5 Å². The number of ether oxygens (including phenoxy) is 6. The quantitative estimate of drug-likeness (QED) is 0.122. The van der Waals surface area contributed by atoms with Gasteiger partial charge in [0.05, 0.1) is 26.4 Å². The van der Waals surface area contributed by atoms with Crippen molar-refractivity contribution in [2.24, 2.45) is 0 Å². The summed E-state index contributed by atoms with van der Waals surface area (Å²) in [7, 11) is 0. The lowest BCUT2D eigenvalue weighted by atomic mass is 9.79. The van der Waals surface area contributed by atoms with E-state index < -0.39 is 0 Å². The SMILES string of the molecule is CCCOc1c2cc(C(C)(C)C)cc1Cc1cc(C(C)(C)C)cc3c1OCc1cccc(c1)COc1c(cc(C(C)(C)C)cc1Cc1cc(C(C)(C)C)cc(c1OCCC)Cc1cc(C(C)(C)C)cc(c1OCCC)C3)Cc1cc(C(C)(C)C)cc(c1OCCC)C2. The van der Waals surface area contributed by atoms with Crippen molar-refractivity contribution in [3.05, 3.63) is 208 Å². The minimum absolute atomic E-state index is 0.180. The van der Waals surface area contributed by atoms with Crippen molar-refractivity contribution in [2.75, 3.05) is 26.4 Å². The summed E-state index contributed by atoms with van der Waals surface area (Å²) >= 11 is 0. The molecule has 2 heterocycles. The Balaban J connectivity index is 1.52. The zero-order valence-electron chi connectivity index (χ0n) is 61.0. The summed E-state index contributed by atoms with van der Waals surface area (Å²) < 4.78 is 44.3. The molecule has 0 amide bonds. The maximum Gasteiger partial charge on any atom is 0.126 e. The van der Waals surface area contributed by atoms with Crippen LogP contribution in [0.1, 0.15) is 289 Å². The first kappa shape index (κ1) is 69.7. The Labute approximate surface area is 557 Å². The number of hydrogen-bond acceptors (Lipinski definition) is 6. The molecule has 0 unspecified atom stereocenters. The molecule has 9 rings (SSSR count). The predicted molar refractivity (Wildman–Crippen MR) is 386 cm³/mol. The molecule has 0 spiro atoms. The molecule has 0 aliphatic carbocycles. The second kappa shape index (κ2) is 27.7. The van der Waals surface area contributed by atoms with Crippen molar-refractivity contribution < 1.29 is 28.4 Å². The Hall–Kier alpha value is -6.66. The molecule has 6 heteroatoms. The zero-order valence-corrected chi connectivity index (χ0v) is 61.0. The van der Waals surface area contributed by atoms with Crippen LogP contribution < -0.4 is 28.4 Å². The molecule has 0 fully saturated rings. The van der Waals surface area contributed by atoms with E-state index in [1.54, 1.807) is 0 Å².